The number of hydrogen-bond acceptors (Lipinski definition) is 4. The van der Waals surface area contributed by atoms with E-state index in [1.54, 1.807) is 6.20 Å². The molecule has 7 nitrogen and oxygen atoms in total. The maximum Gasteiger partial charge on any atom is 0.256 e. The molecule has 31 heavy (non-hydrogen) atoms. The van der Waals surface area contributed by atoms with Crippen LogP contribution in [-0.2, 0) is 11.3 Å². The molecule has 1 fully saturated rings. The van der Waals surface area contributed by atoms with Crippen molar-refractivity contribution in [3.8, 4) is 0 Å². The molecule has 0 saturated carbocycles. The van der Waals surface area contributed by atoms with Gasteiger partial charge >= 0.3 is 0 Å². The predicted octanol–water partition coefficient (Wildman–Crippen LogP) is 4.51. The number of aromatic nitrogens is 3. The van der Waals surface area contributed by atoms with E-state index in [9.17, 15) is 9.59 Å². The van der Waals surface area contributed by atoms with E-state index in [1.165, 1.54) is 0 Å². The molecule has 1 aliphatic heterocycles. The maximum atomic E-state index is 13.2. The highest BCUT2D eigenvalue weighted by atomic mass is 16.2. The summed E-state index contributed by atoms with van der Waals surface area (Å²) in [5.74, 6) is 0.191. The highest BCUT2D eigenvalue weighted by molar-refractivity contribution is 6.12. The summed E-state index contributed by atoms with van der Waals surface area (Å²) in [4.78, 5) is 31.8. The van der Waals surface area contributed by atoms with Crippen LogP contribution in [0.4, 0.5) is 5.69 Å². The lowest BCUT2D eigenvalue weighted by atomic mass is 10.0. The van der Waals surface area contributed by atoms with E-state index in [2.05, 4.69) is 24.3 Å². The molecular weight excluding hydrogens is 390 g/mol. The zero-order chi connectivity index (χ0) is 22.1. The van der Waals surface area contributed by atoms with Gasteiger partial charge in [0.2, 0.25) is 5.91 Å². The van der Waals surface area contributed by atoms with Gasteiger partial charge in [-0.1, -0.05) is 26.0 Å². The van der Waals surface area contributed by atoms with Crippen molar-refractivity contribution in [2.24, 2.45) is 0 Å². The fraction of sp³-hybridized carbons (Fsp3) is 0.417. The lowest BCUT2D eigenvalue weighted by Gasteiger charge is -2.16. The van der Waals surface area contributed by atoms with Crippen LogP contribution >= 0.6 is 0 Å². The van der Waals surface area contributed by atoms with Crippen molar-refractivity contribution in [2.75, 3.05) is 11.9 Å². The van der Waals surface area contributed by atoms with Crippen molar-refractivity contribution in [2.45, 2.75) is 59.0 Å². The smallest absolute Gasteiger partial charge is 0.256 e. The van der Waals surface area contributed by atoms with Crippen molar-refractivity contribution >= 4 is 28.5 Å². The normalized spacial score (nSPS) is 14.3. The lowest BCUT2D eigenvalue weighted by Crippen LogP contribution is -2.23. The molecule has 0 bridgehead atoms. The molecule has 2 amide bonds. The van der Waals surface area contributed by atoms with Crippen molar-refractivity contribution in [3.63, 3.8) is 0 Å². The van der Waals surface area contributed by atoms with Gasteiger partial charge in [-0.2, -0.15) is 5.10 Å². The average Bonchev–Trinajstić information content (AvgIpc) is 3.33. The Morgan fingerprint density at radius 2 is 2.00 bits per heavy atom. The molecule has 0 atom stereocenters. The largest absolute Gasteiger partial charge is 0.338 e. The number of hydrogen-bond donors (Lipinski definition) is 1. The van der Waals surface area contributed by atoms with Gasteiger partial charge in [0.25, 0.3) is 5.91 Å². The molecule has 3 heterocycles. The maximum absolute atomic E-state index is 13.2. The summed E-state index contributed by atoms with van der Waals surface area (Å²) in [5.41, 5.74) is 3.87. The van der Waals surface area contributed by atoms with Crippen LogP contribution in [0, 0.1) is 0 Å². The van der Waals surface area contributed by atoms with Crippen LogP contribution in [0.3, 0.4) is 0 Å². The van der Waals surface area contributed by atoms with E-state index in [1.807, 2.05) is 53.8 Å². The van der Waals surface area contributed by atoms with Crippen LogP contribution in [0.15, 0.2) is 36.5 Å². The second-order valence-corrected chi connectivity index (χ2v) is 8.74. The van der Waals surface area contributed by atoms with Crippen LogP contribution in [0.5, 0.6) is 0 Å². The number of nitrogens with zero attached hydrogens (tertiary/aromatic N) is 4. The third-order valence-corrected chi connectivity index (χ3v) is 5.64. The average molecular weight is 420 g/mol. The minimum Gasteiger partial charge on any atom is -0.338 e. The highest BCUT2D eigenvalue weighted by Crippen LogP contribution is 2.25. The monoisotopic (exact) mass is 419 g/mol. The highest BCUT2D eigenvalue weighted by Gasteiger charge is 2.21. The van der Waals surface area contributed by atoms with Gasteiger partial charge in [-0.3, -0.25) is 9.59 Å². The van der Waals surface area contributed by atoms with Crippen LogP contribution in [0.2, 0.25) is 0 Å². The molecule has 0 unspecified atom stereocenters. The van der Waals surface area contributed by atoms with Gasteiger partial charge in [0, 0.05) is 36.9 Å². The Morgan fingerprint density at radius 1 is 1.19 bits per heavy atom. The number of amides is 2. The summed E-state index contributed by atoms with van der Waals surface area (Å²) in [5, 5.41) is 8.23. The number of pyridine rings is 1. The minimum atomic E-state index is -0.188. The first-order valence-electron chi connectivity index (χ1n) is 10.9. The van der Waals surface area contributed by atoms with E-state index in [4.69, 9.17) is 4.98 Å². The quantitative estimate of drug-likeness (QED) is 0.637. The molecule has 1 N–H and O–H groups in total. The molecule has 1 saturated heterocycles. The van der Waals surface area contributed by atoms with E-state index in [0.29, 0.717) is 24.2 Å². The zero-order valence-corrected chi connectivity index (χ0v) is 18.6. The Labute approximate surface area is 182 Å². The molecule has 2 aromatic heterocycles. The fourth-order valence-corrected chi connectivity index (χ4v) is 3.94. The van der Waals surface area contributed by atoms with Crippen molar-refractivity contribution in [1.29, 1.82) is 0 Å². The van der Waals surface area contributed by atoms with Crippen molar-refractivity contribution in [3.05, 3.63) is 53.3 Å². The first-order chi connectivity index (χ1) is 14.8. The molecule has 4 rings (SSSR count). The summed E-state index contributed by atoms with van der Waals surface area (Å²) in [6.45, 7) is 9.59. The van der Waals surface area contributed by atoms with Crippen molar-refractivity contribution in [1.82, 2.24) is 19.7 Å². The number of carbonyl (C=O) groups is 2. The van der Waals surface area contributed by atoms with Gasteiger partial charge in [-0.05, 0) is 49.9 Å². The fourth-order valence-electron chi connectivity index (χ4n) is 3.94. The van der Waals surface area contributed by atoms with Gasteiger partial charge < -0.3 is 10.2 Å². The number of anilines is 1. The Morgan fingerprint density at radius 3 is 2.68 bits per heavy atom. The predicted molar refractivity (Wildman–Crippen MR) is 121 cm³/mol. The first kappa shape index (κ1) is 21.0. The Bertz CT molecular complexity index is 1130. The Kier molecular flexibility index (Phi) is 5.76. The number of fused-ring (bicyclic) bond motifs is 1. The molecular formula is C24H29N5O2. The first-order valence-corrected chi connectivity index (χ1v) is 10.9. The molecule has 0 spiro atoms. The molecule has 7 heteroatoms. The van der Waals surface area contributed by atoms with Crippen LogP contribution in [0.1, 0.15) is 74.1 Å². The van der Waals surface area contributed by atoms with Gasteiger partial charge in [0.15, 0.2) is 5.65 Å². The number of carbonyl (C=O) groups excluding carboxylic acids is 2. The standard InChI is InChI=1S/C24H29N5O2/c1-15(2)21-12-19(20-13-25-29(16(3)4)23(20)27-21)24(31)26-18-8-5-7-17(11-18)14-28-10-6-9-22(28)30/h5,7-8,11-13,15-16H,6,9-10,14H2,1-4H3,(H,26,31). The third kappa shape index (κ3) is 4.31. The van der Waals surface area contributed by atoms with Gasteiger partial charge in [-0.25, -0.2) is 9.67 Å². The second-order valence-electron chi connectivity index (χ2n) is 8.74. The zero-order valence-electron chi connectivity index (χ0n) is 18.6. The summed E-state index contributed by atoms with van der Waals surface area (Å²) in [6, 6.07) is 9.70. The molecule has 162 valence electrons. The van der Waals surface area contributed by atoms with Gasteiger partial charge in [0.1, 0.15) is 0 Å². The number of rotatable bonds is 6. The van der Waals surface area contributed by atoms with Crippen LogP contribution < -0.4 is 5.32 Å². The summed E-state index contributed by atoms with van der Waals surface area (Å²) in [6.07, 6.45) is 3.25. The third-order valence-electron chi connectivity index (χ3n) is 5.64. The number of nitrogens with one attached hydrogen (secondary N) is 1. The van der Waals surface area contributed by atoms with Gasteiger partial charge in [-0.15, -0.1) is 0 Å². The summed E-state index contributed by atoms with van der Waals surface area (Å²) >= 11 is 0. The lowest BCUT2D eigenvalue weighted by molar-refractivity contribution is -0.128. The SMILES string of the molecule is CC(C)c1cc(C(=O)Nc2cccc(CN3CCCC3=O)c2)c2cnn(C(C)C)c2n1. The topological polar surface area (TPSA) is 80.1 Å². The summed E-state index contributed by atoms with van der Waals surface area (Å²) in [7, 11) is 0. The van der Waals surface area contributed by atoms with E-state index in [-0.39, 0.29) is 23.8 Å². The van der Waals surface area contributed by atoms with Crippen LogP contribution in [0.25, 0.3) is 11.0 Å². The molecule has 3 aromatic rings. The van der Waals surface area contributed by atoms with Crippen molar-refractivity contribution < 1.29 is 9.59 Å². The van der Waals surface area contributed by atoms with Gasteiger partial charge in [0.05, 0.1) is 17.1 Å². The molecule has 1 aromatic carbocycles. The van der Waals surface area contributed by atoms with Crippen LogP contribution in [-0.4, -0.2) is 38.0 Å². The molecule has 0 radical (unpaired) electrons. The summed E-state index contributed by atoms with van der Waals surface area (Å²) < 4.78 is 1.85. The van der Waals surface area contributed by atoms with E-state index in [0.717, 1.165) is 35.3 Å². The molecule has 1 aliphatic rings. The van der Waals surface area contributed by atoms with E-state index < -0.39 is 0 Å². The second kappa shape index (κ2) is 8.49. The van der Waals surface area contributed by atoms with E-state index >= 15 is 0 Å². The minimum absolute atomic E-state index is 0.147. The Balaban J connectivity index is 1.63. The number of benzene rings is 1. The Hall–Kier alpha value is -3.22. The number of likely N-dealkylation sites (tertiary alicyclic amines) is 1. The molecule has 0 aliphatic carbocycles.